The van der Waals surface area contributed by atoms with Crippen LogP contribution in [-0.2, 0) is 14.3 Å². The molecule has 2 atom stereocenters. The van der Waals surface area contributed by atoms with Crippen LogP contribution in [0.15, 0.2) is 12.2 Å². The Hall–Kier alpha value is -1.12. The molecule has 1 saturated carbocycles. The topological polar surface area (TPSA) is 43.4 Å². The van der Waals surface area contributed by atoms with Gasteiger partial charge in [-0.15, -0.1) is 0 Å². The van der Waals surface area contributed by atoms with Crippen LogP contribution in [0.1, 0.15) is 46.0 Å². The fourth-order valence-electron chi connectivity index (χ4n) is 2.52. The van der Waals surface area contributed by atoms with E-state index in [0.29, 0.717) is 12.8 Å². The first-order valence-electron chi connectivity index (χ1n) is 6.29. The highest BCUT2D eigenvalue weighted by atomic mass is 16.5. The molecule has 3 nitrogen and oxygen atoms in total. The van der Waals surface area contributed by atoms with E-state index in [1.807, 2.05) is 6.92 Å². The molecule has 1 aliphatic rings. The Kier molecular flexibility index (Phi) is 4.91. The summed E-state index contributed by atoms with van der Waals surface area (Å²) in [7, 11) is 1.40. The summed E-state index contributed by atoms with van der Waals surface area (Å²) in [4.78, 5) is 23.3. The zero-order chi connectivity index (χ0) is 12.9. The Balaban J connectivity index is 2.72. The predicted octanol–water partition coefficient (Wildman–Crippen LogP) is 2.89. The molecule has 0 N–H and O–H groups in total. The van der Waals surface area contributed by atoms with Gasteiger partial charge >= 0.3 is 5.97 Å². The molecule has 0 aliphatic heterocycles. The van der Waals surface area contributed by atoms with Gasteiger partial charge in [-0.2, -0.15) is 0 Å². The number of Topliss-reactive ketones (excluding diaryl/α,β-unsaturated/α-hetero) is 1. The Morgan fingerprint density at radius 3 is 2.82 bits per heavy atom. The van der Waals surface area contributed by atoms with Crippen LogP contribution in [0.2, 0.25) is 0 Å². The highest BCUT2D eigenvalue weighted by molar-refractivity contribution is 5.88. The minimum Gasteiger partial charge on any atom is -0.469 e. The van der Waals surface area contributed by atoms with E-state index in [1.165, 1.54) is 7.11 Å². The van der Waals surface area contributed by atoms with E-state index >= 15 is 0 Å². The summed E-state index contributed by atoms with van der Waals surface area (Å²) < 4.78 is 4.70. The number of rotatable bonds is 5. The maximum atomic E-state index is 12.0. The SMILES string of the molecule is CC/C=C\CC1(C)C(=O)CCC1CC(=O)OC. The Morgan fingerprint density at radius 2 is 2.24 bits per heavy atom. The molecule has 0 spiro atoms. The van der Waals surface area contributed by atoms with Crippen LogP contribution in [0, 0.1) is 11.3 Å². The third-order valence-electron chi connectivity index (χ3n) is 3.84. The van der Waals surface area contributed by atoms with Gasteiger partial charge in [0.05, 0.1) is 7.11 Å². The summed E-state index contributed by atoms with van der Waals surface area (Å²) in [6, 6.07) is 0. The zero-order valence-corrected chi connectivity index (χ0v) is 11.0. The minimum absolute atomic E-state index is 0.129. The molecule has 0 aromatic carbocycles. The molecular formula is C14H22O3. The molecule has 0 saturated heterocycles. The maximum absolute atomic E-state index is 12.0. The summed E-state index contributed by atoms with van der Waals surface area (Å²) in [6.07, 6.45) is 7.62. The number of esters is 1. The molecule has 1 aliphatic carbocycles. The van der Waals surface area contributed by atoms with Crippen molar-refractivity contribution in [1.82, 2.24) is 0 Å². The van der Waals surface area contributed by atoms with Crippen LogP contribution in [0.25, 0.3) is 0 Å². The molecule has 0 bridgehead atoms. The largest absolute Gasteiger partial charge is 0.469 e. The molecule has 0 radical (unpaired) electrons. The normalized spacial score (nSPS) is 28.9. The van der Waals surface area contributed by atoms with Crippen LogP contribution >= 0.6 is 0 Å². The lowest BCUT2D eigenvalue weighted by Gasteiger charge is -2.28. The molecule has 3 heteroatoms. The van der Waals surface area contributed by atoms with E-state index < -0.39 is 0 Å². The second-order valence-corrected chi connectivity index (χ2v) is 4.94. The first-order valence-corrected chi connectivity index (χ1v) is 6.29. The average molecular weight is 238 g/mol. The van der Waals surface area contributed by atoms with Crippen molar-refractivity contribution in [3.05, 3.63) is 12.2 Å². The highest BCUT2D eigenvalue weighted by Gasteiger charge is 2.45. The third kappa shape index (κ3) is 3.18. The lowest BCUT2D eigenvalue weighted by Crippen LogP contribution is -2.30. The van der Waals surface area contributed by atoms with E-state index in [2.05, 4.69) is 19.1 Å². The van der Waals surface area contributed by atoms with Gasteiger partial charge in [-0.1, -0.05) is 26.0 Å². The van der Waals surface area contributed by atoms with Crippen molar-refractivity contribution in [2.75, 3.05) is 7.11 Å². The number of ether oxygens (including phenoxy) is 1. The van der Waals surface area contributed by atoms with Crippen LogP contribution in [0.4, 0.5) is 0 Å². The van der Waals surface area contributed by atoms with Crippen LogP contribution in [0.5, 0.6) is 0 Å². The van der Waals surface area contributed by atoms with Crippen molar-refractivity contribution in [2.45, 2.75) is 46.0 Å². The summed E-state index contributed by atoms with van der Waals surface area (Å²) in [5.41, 5.74) is -0.375. The number of ketones is 1. The molecule has 1 rings (SSSR count). The minimum atomic E-state index is -0.375. The van der Waals surface area contributed by atoms with Gasteiger partial charge in [0.2, 0.25) is 0 Å². The molecule has 96 valence electrons. The Bertz CT molecular complexity index is 319. The fraction of sp³-hybridized carbons (Fsp3) is 0.714. The second kappa shape index (κ2) is 5.99. The molecule has 17 heavy (non-hydrogen) atoms. The number of methoxy groups -OCH3 is 1. The van der Waals surface area contributed by atoms with E-state index in [9.17, 15) is 9.59 Å². The monoisotopic (exact) mass is 238 g/mol. The molecule has 2 unspecified atom stereocenters. The van der Waals surface area contributed by atoms with Crippen molar-refractivity contribution in [3.63, 3.8) is 0 Å². The lowest BCUT2D eigenvalue weighted by molar-refractivity contribution is -0.142. The molecule has 0 amide bonds. The van der Waals surface area contributed by atoms with Gasteiger partial charge in [-0.05, 0) is 25.2 Å². The molecule has 0 aromatic rings. The fourth-order valence-corrected chi connectivity index (χ4v) is 2.52. The van der Waals surface area contributed by atoms with Gasteiger partial charge in [0.1, 0.15) is 5.78 Å². The van der Waals surface area contributed by atoms with Crippen molar-refractivity contribution < 1.29 is 14.3 Å². The van der Waals surface area contributed by atoms with Gasteiger partial charge in [0, 0.05) is 18.3 Å². The lowest BCUT2D eigenvalue weighted by atomic mass is 9.74. The molecule has 1 fully saturated rings. The van der Waals surface area contributed by atoms with Gasteiger partial charge in [-0.3, -0.25) is 9.59 Å². The average Bonchev–Trinajstić information content (AvgIpc) is 2.58. The first kappa shape index (κ1) is 13.9. The summed E-state index contributed by atoms with van der Waals surface area (Å²) >= 11 is 0. The number of carbonyl (C=O) groups is 2. The number of hydrogen-bond donors (Lipinski definition) is 0. The van der Waals surface area contributed by atoms with E-state index in [0.717, 1.165) is 19.3 Å². The van der Waals surface area contributed by atoms with Crippen molar-refractivity contribution in [1.29, 1.82) is 0 Å². The number of hydrogen-bond acceptors (Lipinski definition) is 3. The molecular weight excluding hydrogens is 216 g/mol. The zero-order valence-electron chi connectivity index (χ0n) is 11.0. The van der Waals surface area contributed by atoms with Crippen molar-refractivity contribution >= 4 is 11.8 Å². The number of carbonyl (C=O) groups excluding carboxylic acids is 2. The molecule has 0 aromatic heterocycles. The van der Waals surface area contributed by atoms with Crippen molar-refractivity contribution in [3.8, 4) is 0 Å². The summed E-state index contributed by atoms with van der Waals surface area (Å²) in [5, 5.41) is 0. The smallest absolute Gasteiger partial charge is 0.305 e. The van der Waals surface area contributed by atoms with Crippen molar-refractivity contribution in [2.24, 2.45) is 11.3 Å². The quantitative estimate of drug-likeness (QED) is 0.546. The van der Waals surface area contributed by atoms with Gasteiger partial charge in [-0.25, -0.2) is 0 Å². The van der Waals surface area contributed by atoms with E-state index in [4.69, 9.17) is 4.74 Å². The predicted molar refractivity (Wildman–Crippen MR) is 66.5 cm³/mol. The molecule has 0 heterocycles. The Labute approximate surface area is 103 Å². The second-order valence-electron chi connectivity index (χ2n) is 4.94. The first-order chi connectivity index (χ1) is 8.04. The van der Waals surface area contributed by atoms with Crippen LogP contribution < -0.4 is 0 Å². The van der Waals surface area contributed by atoms with Crippen LogP contribution in [-0.4, -0.2) is 18.9 Å². The van der Waals surface area contributed by atoms with Gasteiger partial charge in [0.25, 0.3) is 0 Å². The standard InChI is InChI=1S/C14H22O3/c1-4-5-6-9-14(2)11(7-8-12(14)15)10-13(16)17-3/h5-6,11H,4,7-10H2,1-3H3/b6-5-. The number of allylic oxidation sites excluding steroid dienone is 2. The maximum Gasteiger partial charge on any atom is 0.305 e. The van der Waals surface area contributed by atoms with Crippen LogP contribution in [0.3, 0.4) is 0 Å². The summed E-state index contributed by atoms with van der Waals surface area (Å²) in [5.74, 6) is 0.200. The third-order valence-corrected chi connectivity index (χ3v) is 3.84. The highest BCUT2D eigenvalue weighted by Crippen LogP contribution is 2.45. The Morgan fingerprint density at radius 1 is 1.53 bits per heavy atom. The van der Waals surface area contributed by atoms with Gasteiger partial charge in [0.15, 0.2) is 0 Å². The van der Waals surface area contributed by atoms with E-state index in [-0.39, 0.29) is 23.1 Å². The van der Waals surface area contributed by atoms with E-state index in [1.54, 1.807) is 0 Å². The van der Waals surface area contributed by atoms with Gasteiger partial charge < -0.3 is 4.74 Å². The summed E-state index contributed by atoms with van der Waals surface area (Å²) in [6.45, 7) is 4.05.